The maximum atomic E-state index is 9.30. The first-order valence-electron chi connectivity index (χ1n) is 30.7. The Balaban J connectivity index is 1.20. The summed E-state index contributed by atoms with van der Waals surface area (Å²) in [6.07, 6.45) is 1.89. The van der Waals surface area contributed by atoms with Gasteiger partial charge in [-0.3, -0.25) is 0 Å². The maximum absolute atomic E-state index is 9.30. The average Bonchev–Trinajstić information content (AvgIpc) is 1.69. The van der Waals surface area contributed by atoms with E-state index in [4.69, 9.17) is 17.9 Å². The fourth-order valence-corrected chi connectivity index (χ4v) is 12.3. The van der Waals surface area contributed by atoms with Crippen molar-refractivity contribution >= 4 is 32.8 Å². The Morgan fingerprint density at radius 3 is 1.77 bits per heavy atom. The van der Waals surface area contributed by atoms with Crippen LogP contribution in [-0.2, 0) is 46.4 Å². The predicted molar refractivity (Wildman–Crippen MR) is 309 cm³/mol. The van der Waals surface area contributed by atoms with Gasteiger partial charge in [0.2, 0.25) is 0 Å². The molecule has 0 spiro atoms. The van der Waals surface area contributed by atoms with E-state index in [1.807, 2.05) is 39.6 Å². The molecule has 3 aromatic heterocycles. The molecule has 0 unspecified atom stereocenters. The van der Waals surface area contributed by atoms with Crippen molar-refractivity contribution in [2.24, 2.45) is 5.41 Å². The molecule has 0 fully saturated rings. The van der Waals surface area contributed by atoms with Crippen LogP contribution < -0.4 is 4.74 Å². The van der Waals surface area contributed by atoms with Crippen molar-refractivity contribution in [2.75, 3.05) is 0 Å². The number of aromatic nitrogens is 4. The summed E-state index contributed by atoms with van der Waals surface area (Å²) < 4.78 is 103. The first kappa shape index (κ1) is 39.8. The normalized spacial score (nSPS) is 17.1. The van der Waals surface area contributed by atoms with Gasteiger partial charge >= 0.3 is 358 Å². The van der Waals surface area contributed by atoms with Crippen molar-refractivity contribution < 1.29 is 37.8 Å². The molecule has 3 heterocycles. The average molecular weight is 1180 g/mol. The van der Waals surface area contributed by atoms with Crippen LogP contribution in [0.5, 0.6) is 11.5 Å². The number of nitrogens with zero attached hydrogens (tertiary/aromatic N) is 4. The van der Waals surface area contributed by atoms with E-state index in [0.717, 1.165) is 38.9 Å². The summed E-state index contributed by atoms with van der Waals surface area (Å²) in [6.45, 7) is 33.6. The van der Waals surface area contributed by atoms with Crippen LogP contribution in [0.4, 0.5) is 0 Å². The van der Waals surface area contributed by atoms with Crippen LogP contribution in [0.2, 0.25) is 0 Å². The van der Waals surface area contributed by atoms with E-state index in [-0.39, 0.29) is 55.0 Å². The second kappa shape index (κ2) is 17.5. The molecule has 0 N–H and O–H groups in total. The SMILES string of the molecule is [2H]c1c([2H])c([2H])c(-c2cccc(-c3c([2H])c([2H])c([2H])c([2H])c3[2H])c2-n2[c](=[Pt])n(-c3[c-]c(Oc4[c-]c5c(cc4)c4c6c(ccc4n5-c4cc(C(C)(C)C)ccn4)C(C)(C)C(C)(C)C6(C)C)cc(C(C)(C)C)c3)c3cc(C(C)(C)C)ccc32)c([2H])c1[2H]. The number of benzene rings is 7. The number of hydrogen-bond donors (Lipinski definition) is 0. The van der Waals surface area contributed by atoms with E-state index in [0.29, 0.717) is 32.0 Å². The zero-order chi connectivity index (χ0) is 62.1. The third kappa shape index (κ3) is 8.14. The van der Waals surface area contributed by atoms with E-state index in [2.05, 4.69) is 182 Å². The van der Waals surface area contributed by atoms with Crippen molar-refractivity contribution in [1.82, 2.24) is 18.7 Å². The zero-order valence-corrected chi connectivity index (χ0v) is 47.9. The summed E-state index contributed by atoms with van der Waals surface area (Å²) >= 11 is 2.23. The van der Waals surface area contributed by atoms with E-state index in [1.165, 1.54) is 16.5 Å². The van der Waals surface area contributed by atoms with Crippen LogP contribution >= 0.6 is 0 Å². The third-order valence-corrected chi connectivity index (χ3v) is 17.7. The molecule has 1 aliphatic carbocycles. The van der Waals surface area contributed by atoms with Crippen LogP contribution in [0.3, 0.4) is 0 Å². The first-order chi connectivity index (χ1) is 39.4. The molecule has 0 atom stereocenters. The molecule has 7 aromatic carbocycles. The Morgan fingerprint density at radius 2 is 1.16 bits per heavy atom. The molecule has 11 rings (SSSR count). The van der Waals surface area contributed by atoms with Gasteiger partial charge in [-0.2, -0.15) is 0 Å². The van der Waals surface area contributed by atoms with Gasteiger partial charge in [-0.05, 0) is 38.9 Å². The minimum atomic E-state index is -0.564. The van der Waals surface area contributed by atoms with Crippen LogP contribution in [-0.4, -0.2) is 18.7 Å². The standard InChI is InChI=1S/C69H70N4O.Pt/c1-64(2,3)46-29-33-56-59(39-46)71(43-72(56)63-52(44-23-18-16-19-24-44)27-22-28-53(63)45-25-20-17-21-26-45)49-37-48(66(7,8)9)38-51(41-49)74-50-30-31-54-58(42-50)73(60-40-47(35-36-70-60)65(4,5)6)57-34-32-55-62(61(54)57)68(12,13)69(14,15)67(55,10)11;/h16-40H,1-15H3;/q-2;/i16D,17D,18D,19D,20D,21D,23D,24D,25D,26D;. The van der Waals surface area contributed by atoms with Gasteiger partial charge in [0, 0.05) is 6.20 Å². The molecule has 0 saturated heterocycles. The number of hydrogen-bond acceptors (Lipinski definition) is 2. The molecule has 0 radical (unpaired) electrons. The van der Waals surface area contributed by atoms with E-state index >= 15 is 0 Å². The van der Waals surface area contributed by atoms with Crippen molar-refractivity contribution in [3.63, 3.8) is 0 Å². The second-order valence-corrected chi connectivity index (χ2v) is 25.9. The molecule has 6 heteroatoms. The molecule has 0 aliphatic heterocycles. The van der Waals surface area contributed by atoms with Crippen LogP contribution in [0, 0.1) is 21.4 Å². The molecular formula is C69H70N4OPt-2. The van der Waals surface area contributed by atoms with Crippen molar-refractivity contribution in [3.8, 4) is 50.9 Å². The van der Waals surface area contributed by atoms with Gasteiger partial charge in [-0.25, -0.2) is 0 Å². The topological polar surface area (TPSA) is 36.9 Å². The van der Waals surface area contributed by atoms with Crippen LogP contribution in [0.1, 0.15) is 145 Å². The molecule has 10 aromatic rings. The van der Waals surface area contributed by atoms with Gasteiger partial charge in [0.05, 0.1) is 0 Å². The number of para-hydroxylation sites is 1. The van der Waals surface area contributed by atoms with Gasteiger partial charge in [0.15, 0.2) is 0 Å². The Labute approximate surface area is 469 Å². The molecule has 1 aliphatic rings. The fourth-order valence-electron chi connectivity index (χ4n) is 11.2. The van der Waals surface area contributed by atoms with Crippen LogP contribution in [0.25, 0.3) is 72.3 Å². The second-order valence-electron chi connectivity index (χ2n) is 24.9. The van der Waals surface area contributed by atoms with Gasteiger partial charge in [-0.1, -0.05) is 68.4 Å². The molecule has 0 amide bonds. The minimum absolute atomic E-state index is 0.0926. The summed E-state index contributed by atoms with van der Waals surface area (Å²) in [7, 11) is 0. The number of fused-ring (bicyclic) bond motifs is 6. The summed E-state index contributed by atoms with van der Waals surface area (Å²) in [6, 6.07) is 30.4. The Morgan fingerprint density at radius 1 is 0.560 bits per heavy atom. The Bertz CT molecular complexity index is 4440. The first-order valence-corrected chi connectivity index (χ1v) is 26.9. The number of rotatable bonds is 7. The zero-order valence-electron chi connectivity index (χ0n) is 55.7. The van der Waals surface area contributed by atoms with Crippen molar-refractivity contribution in [2.45, 2.75) is 131 Å². The quantitative estimate of drug-likeness (QED) is 0.149. The molecule has 384 valence electrons. The Kier molecular flexibility index (Phi) is 9.29. The monoisotopic (exact) mass is 1180 g/mol. The van der Waals surface area contributed by atoms with Crippen LogP contribution in [0.15, 0.2) is 152 Å². The molecule has 0 bridgehead atoms. The van der Waals surface area contributed by atoms with Crippen molar-refractivity contribution in [1.29, 1.82) is 0 Å². The summed E-state index contributed by atoms with van der Waals surface area (Å²) in [5.41, 5.74) is 8.52. The van der Waals surface area contributed by atoms with E-state index in [1.54, 1.807) is 18.2 Å². The van der Waals surface area contributed by atoms with E-state index < -0.39 is 65.8 Å². The van der Waals surface area contributed by atoms with Gasteiger partial charge in [0.1, 0.15) is 0 Å². The summed E-state index contributed by atoms with van der Waals surface area (Å²) in [5.74, 6) is 1.65. The predicted octanol–water partition coefficient (Wildman–Crippen LogP) is 18.2. The summed E-state index contributed by atoms with van der Waals surface area (Å²) in [4.78, 5) is 5.05. The third-order valence-electron chi connectivity index (χ3n) is 16.7. The van der Waals surface area contributed by atoms with Gasteiger partial charge in [-0.15, -0.1) is 0 Å². The number of ether oxygens (including phenoxy) is 1. The molecule has 5 nitrogen and oxygen atoms in total. The van der Waals surface area contributed by atoms with E-state index in [9.17, 15) is 5.48 Å². The number of imidazole rings is 1. The Hall–Kier alpha value is -6.55. The van der Waals surface area contributed by atoms with Crippen molar-refractivity contribution in [3.05, 3.63) is 195 Å². The summed E-state index contributed by atoms with van der Waals surface area (Å²) in [5, 5.41) is 2.21. The molecule has 0 saturated carbocycles. The number of pyridine rings is 1. The molecule has 75 heavy (non-hydrogen) atoms. The molecular weight excluding hydrogens is 1100 g/mol. The van der Waals surface area contributed by atoms with Gasteiger partial charge < -0.3 is 0 Å². The van der Waals surface area contributed by atoms with Gasteiger partial charge in [0.25, 0.3) is 0 Å². The fraction of sp³-hybridized carbons (Fsp3) is 0.304.